The molecule has 120 valence electrons. The molecule has 2 rings (SSSR count). The molecule has 1 unspecified atom stereocenters. The number of rotatable bonds is 4. The Bertz CT molecular complexity index is 496. The number of amides is 3. The van der Waals surface area contributed by atoms with Crippen molar-refractivity contribution in [2.24, 2.45) is 5.92 Å². The van der Waals surface area contributed by atoms with Crippen molar-refractivity contribution in [3.05, 3.63) is 35.9 Å². The number of urea groups is 1. The SMILES string of the molecule is CC1CCN(C(C)C(=O)NC(=O)NCc2ccccc2)CC1. The van der Waals surface area contributed by atoms with E-state index in [9.17, 15) is 9.59 Å². The third-order valence-corrected chi connectivity index (χ3v) is 4.28. The molecule has 1 aliphatic rings. The fourth-order valence-electron chi connectivity index (χ4n) is 2.62. The third kappa shape index (κ3) is 4.84. The van der Waals surface area contributed by atoms with E-state index in [0.717, 1.165) is 37.4 Å². The number of likely N-dealkylation sites (tertiary alicyclic amines) is 1. The van der Waals surface area contributed by atoms with Gasteiger partial charge in [-0.1, -0.05) is 37.3 Å². The Morgan fingerprint density at radius 1 is 1.23 bits per heavy atom. The number of imide groups is 1. The third-order valence-electron chi connectivity index (χ3n) is 4.28. The Morgan fingerprint density at radius 2 is 1.86 bits per heavy atom. The lowest BCUT2D eigenvalue weighted by atomic mass is 9.98. The molecule has 0 bridgehead atoms. The lowest BCUT2D eigenvalue weighted by molar-refractivity contribution is -0.125. The zero-order valence-corrected chi connectivity index (χ0v) is 13.3. The van der Waals surface area contributed by atoms with E-state index in [1.54, 1.807) is 0 Å². The minimum atomic E-state index is -0.439. The number of benzene rings is 1. The van der Waals surface area contributed by atoms with Crippen molar-refractivity contribution >= 4 is 11.9 Å². The number of piperidine rings is 1. The maximum Gasteiger partial charge on any atom is 0.321 e. The molecule has 2 N–H and O–H groups in total. The summed E-state index contributed by atoms with van der Waals surface area (Å²) in [5.41, 5.74) is 1.00. The standard InChI is InChI=1S/C17H25N3O2/c1-13-8-10-20(11-9-13)14(2)16(21)19-17(22)18-12-15-6-4-3-5-7-15/h3-7,13-14H,8-12H2,1-2H3,(H2,18,19,21,22). The predicted molar refractivity (Wildman–Crippen MR) is 86.3 cm³/mol. The first-order valence-electron chi connectivity index (χ1n) is 7.93. The number of nitrogens with zero attached hydrogens (tertiary/aromatic N) is 1. The van der Waals surface area contributed by atoms with E-state index in [2.05, 4.69) is 22.5 Å². The quantitative estimate of drug-likeness (QED) is 0.896. The lowest BCUT2D eigenvalue weighted by Crippen LogP contribution is -2.51. The Labute approximate surface area is 132 Å². The van der Waals surface area contributed by atoms with Crippen LogP contribution >= 0.6 is 0 Å². The van der Waals surface area contributed by atoms with Crippen LogP contribution in [0.15, 0.2) is 30.3 Å². The second-order valence-electron chi connectivity index (χ2n) is 6.05. The zero-order valence-electron chi connectivity index (χ0n) is 13.3. The number of carbonyl (C=O) groups is 2. The van der Waals surface area contributed by atoms with Crippen LogP contribution < -0.4 is 10.6 Å². The summed E-state index contributed by atoms with van der Waals surface area (Å²) in [6.45, 7) is 6.34. The van der Waals surface area contributed by atoms with Crippen LogP contribution in [-0.2, 0) is 11.3 Å². The summed E-state index contributed by atoms with van der Waals surface area (Å²) in [6, 6.07) is 8.91. The zero-order chi connectivity index (χ0) is 15.9. The van der Waals surface area contributed by atoms with E-state index in [4.69, 9.17) is 0 Å². The van der Waals surface area contributed by atoms with Gasteiger partial charge in [-0.2, -0.15) is 0 Å². The molecule has 0 radical (unpaired) electrons. The highest BCUT2D eigenvalue weighted by Gasteiger charge is 2.25. The molecule has 22 heavy (non-hydrogen) atoms. The molecule has 1 saturated heterocycles. The van der Waals surface area contributed by atoms with Crippen molar-refractivity contribution in [2.75, 3.05) is 13.1 Å². The Kier molecular flexibility index (Phi) is 5.95. The topological polar surface area (TPSA) is 61.4 Å². The molecular formula is C17H25N3O2. The predicted octanol–water partition coefficient (Wildman–Crippen LogP) is 2.13. The van der Waals surface area contributed by atoms with Gasteiger partial charge in [0, 0.05) is 6.54 Å². The molecule has 0 spiro atoms. The highest BCUT2D eigenvalue weighted by Crippen LogP contribution is 2.17. The second-order valence-corrected chi connectivity index (χ2v) is 6.05. The molecule has 1 aliphatic heterocycles. The average Bonchev–Trinajstić information content (AvgIpc) is 2.54. The van der Waals surface area contributed by atoms with Gasteiger partial charge in [-0.15, -0.1) is 0 Å². The van der Waals surface area contributed by atoms with Gasteiger partial charge in [0.05, 0.1) is 6.04 Å². The van der Waals surface area contributed by atoms with E-state index < -0.39 is 6.03 Å². The summed E-state index contributed by atoms with van der Waals surface area (Å²) in [5, 5.41) is 5.13. The Balaban J connectivity index is 1.74. The first kappa shape index (κ1) is 16.5. The highest BCUT2D eigenvalue weighted by molar-refractivity contribution is 5.96. The van der Waals surface area contributed by atoms with Crippen LogP contribution in [0, 0.1) is 5.92 Å². The van der Waals surface area contributed by atoms with Crippen LogP contribution in [0.5, 0.6) is 0 Å². The van der Waals surface area contributed by atoms with Crippen LogP contribution in [0.4, 0.5) is 4.79 Å². The van der Waals surface area contributed by atoms with Crippen molar-refractivity contribution < 1.29 is 9.59 Å². The molecule has 1 atom stereocenters. The van der Waals surface area contributed by atoms with E-state index in [1.165, 1.54) is 0 Å². The summed E-state index contributed by atoms with van der Waals surface area (Å²) >= 11 is 0. The molecule has 0 saturated carbocycles. The molecule has 3 amide bonds. The molecule has 1 fully saturated rings. The van der Waals surface area contributed by atoms with Gasteiger partial charge < -0.3 is 5.32 Å². The minimum absolute atomic E-state index is 0.236. The van der Waals surface area contributed by atoms with Crippen LogP contribution in [0.3, 0.4) is 0 Å². The molecule has 1 heterocycles. The molecular weight excluding hydrogens is 278 g/mol. The monoisotopic (exact) mass is 303 g/mol. The van der Waals surface area contributed by atoms with Gasteiger partial charge in [0.1, 0.15) is 0 Å². The van der Waals surface area contributed by atoms with E-state index in [0.29, 0.717) is 6.54 Å². The fraction of sp³-hybridized carbons (Fsp3) is 0.529. The molecule has 1 aromatic rings. The van der Waals surface area contributed by atoms with Crippen LogP contribution in [-0.4, -0.2) is 36.0 Å². The highest BCUT2D eigenvalue weighted by atomic mass is 16.2. The van der Waals surface area contributed by atoms with Gasteiger partial charge in [-0.3, -0.25) is 15.0 Å². The van der Waals surface area contributed by atoms with Crippen LogP contribution in [0.1, 0.15) is 32.3 Å². The first-order chi connectivity index (χ1) is 10.6. The van der Waals surface area contributed by atoms with Crippen molar-refractivity contribution in [2.45, 2.75) is 39.3 Å². The maximum atomic E-state index is 12.1. The summed E-state index contributed by atoms with van der Waals surface area (Å²) in [4.78, 5) is 26.1. The smallest absolute Gasteiger partial charge is 0.321 e. The summed E-state index contributed by atoms with van der Waals surface area (Å²) in [5.74, 6) is 0.487. The molecule has 0 aromatic heterocycles. The Morgan fingerprint density at radius 3 is 2.50 bits per heavy atom. The minimum Gasteiger partial charge on any atom is -0.334 e. The van der Waals surface area contributed by atoms with Crippen molar-refractivity contribution in [3.63, 3.8) is 0 Å². The lowest BCUT2D eigenvalue weighted by Gasteiger charge is -2.33. The van der Waals surface area contributed by atoms with Gasteiger partial charge >= 0.3 is 6.03 Å². The van der Waals surface area contributed by atoms with Crippen LogP contribution in [0.25, 0.3) is 0 Å². The van der Waals surface area contributed by atoms with E-state index in [1.807, 2.05) is 37.3 Å². The average molecular weight is 303 g/mol. The fourth-order valence-corrected chi connectivity index (χ4v) is 2.62. The maximum absolute atomic E-state index is 12.1. The van der Waals surface area contributed by atoms with Gasteiger partial charge in [-0.25, -0.2) is 4.79 Å². The van der Waals surface area contributed by atoms with E-state index in [-0.39, 0.29) is 11.9 Å². The summed E-state index contributed by atoms with van der Waals surface area (Å²) < 4.78 is 0. The van der Waals surface area contributed by atoms with Crippen molar-refractivity contribution in [1.29, 1.82) is 0 Å². The van der Waals surface area contributed by atoms with E-state index >= 15 is 0 Å². The Hall–Kier alpha value is -1.88. The normalized spacial score (nSPS) is 17.7. The van der Waals surface area contributed by atoms with Crippen molar-refractivity contribution in [3.8, 4) is 0 Å². The number of hydrogen-bond donors (Lipinski definition) is 2. The van der Waals surface area contributed by atoms with Crippen LogP contribution in [0.2, 0.25) is 0 Å². The van der Waals surface area contributed by atoms with Gasteiger partial charge in [-0.05, 0) is 44.3 Å². The van der Waals surface area contributed by atoms with Crippen molar-refractivity contribution in [1.82, 2.24) is 15.5 Å². The molecule has 5 heteroatoms. The van der Waals surface area contributed by atoms with Gasteiger partial charge in [0.2, 0.25) is 5.91 Å². The molecule has 5 nitrogen and oxygen atoms in total. The number of hydrogen-bond acceptors (Lipinski definition) is 3. The summed E-state index contributed by atoms with van der Waals surface area (Å²) in [6.07, 6.45) is 2.22. The largest absolute Gasteiger partial charge is 0.334 e. The number of carbonyl (C=O) groups excluding carboxylic acids is 2. The first-order valence-corrected chi connectivity index (χ1v) is 7.93. The molecule has 0 aliphatic carbocycles. The molecule has 1 aromatic carbocycles. The number of nitrogens with one attached hydrogen (secondary N) is 2. The van der Waals surface area contributed by atoms with Gasteiger partial charge in [0.25, 0.3) is 0 Å². The van der Waals surface area contributed by atoms with Gasteiger partial charge in [0.15, 0.2) is 0 Å². The summed E-state index contributed by atoms with van der Waals surface area (Å²) in [7, 11) is 0. The second kappa shape index (κ2) is 7.94.